The molecule has 3 rings (SSSR count). The minimum atomic E-state index is -0.111. The Hall–Kier alpha value is -2.53. The first kappa shape index (κ1) is 19.2. The fourth-order valence-corrected chi connectivity index (χ4v) is 3.95. The summed E-state index contributed by atoms with van der Waals surface area (Å²) in [4.78, 5) is 13.0. The average molecular weight is 370 g/mol. The van der Waals surface area contributed by atoms with E-state index in [1.807, 2.05) is 25.1 Å². The lowest BCUT2D eigenvalue weighted by Crippen LogP contribution is -2.07. The minimum Gasteiger partial charge on any atom is -0.496 e. The standard InChI is InChI=1S/C22H26O5/c1-13-20(25-2)10-16(11-21(13)26-3)14-5-8-18-17(19(24)9-14)7-6-15(12-23)22(18)27-4/h6-7,10-11,14,23H,5,8-9,12H2,1-4H3. The Morgan fingerprint density at radius 2 is 1.74 bits per heavy atom. The molecule has 1 unspecified atom stereocenters. The molecule has 0 amide bonds. The van der Waals surface area contributed by atoms with Gasteiger partial charge in [-0.05, 0) is 43.4 Å². The molecule has 0 heterocycles. The molecule has 0 aromatic heterocycles. The van der Waals surface area contributed by atoms with Crippen molar-refractivity contribution in [3.63, 3.8) is 0 Å². The van der Waals surface area contributed by atoms with Crippen LogP contribution in [-0.2, 0) is 13.0 Å². The fraction of sp³-hybridized carbons (Fsp3) is 0.409. The van der Waals surface area contributed by atoms with Gasteiger partial charge in [0.05, 0.1) is 27.9 Å². The average Bonchev–Trinajstić information content (AvgIpc) is 2.86. The van der Waals surface area contributed by atoms with Gasteiger partial charge in [0.25, 0.3) is 0 Å². The van der Waals surface area contributed by atoms with E-state index in [-0.39, 0.29) is 18.3 Å². The quantitative estimate of drug-likeness (QED) is 0.811. The summed E-state index contributed by atoms with van der Waals surface area (Å²) in [6.45, 7) is 1.84. The molecule has 2 aromatic rings. The van der Waals surface area contributed by atoms with E-state index >= 15 is 0 Å². The third-order valence-corrected chi connectivity index (χ3v) is 5.44. The third kappa shape index (κ3) is 3.52. The predicted molar refractivity (Wildman–Crippen MR) is 103 cm³/mol. The van der Waals surface area contributed by atoms with Crippen LogP contribution >= 0.6 is 0 Å². The van der Waals surface area contributed by atoms with Crippen LogP contribution < -0.4 is 14.2 Å². The van der Waals surface area contributed by atoms with E-state index in [1.165, 1.54) is 0 Å². The molecule has 5 heteroatoms. The van der Waals surface area contributed by atoms with Crippen LogP contribution in [0.15, 0.2) is 24.3 Å². The SMILES string of the molecule is COc1cc(C2CCc3c(ccc(CO)c3OC)C(=O)C2)cc(OC)c1C. The molecule has 1 aliphatic rings. The van der Waals surface area contributed by atoms with Crippen LogP contribution in [0, 0.1) is 6.92 Å². The second-order valence-corrected chi connectivity index (χ2v) is 6.86. The van der Waals surface area contributed by atoms with Crippen LogP contribution in [0.5, 0.6) is 17.2 Å². The van der Waals surface area contributed by atoms with Crippen molar-refractivity contribution in [1.29, 1.82) is 0 Å². The normalized spacial score (nSPS) is 16.5. The van der Waals surface area contributed by atoms with Gasteiger partial charge >= 0.3 is 0 Å². The topological polar surface area (TPSA) is 65.0 Å². The van der Waals surface area contributed by atoms with Crippen LogP contribution in [0.1, 0.15) is 51.4 Å². The maximum atomic E-state index is 13.0. The van der Waals surface area contributed by atoms with Crippen LogP contribution in [0.25, 0.3) is 0 Å². The van der Waals surface area contributed by atoms with Crippen LogP contribution in [0.2, 0.25) is 0 Å². The van der Waals surface area contributed by atoms with Gasteiger partial charge in [-0.15, -0.1) is 0 Å². The number of aliphatic hydroxyl groups excluding tert-OH is 1. The minimum absolute atomic E-state index is 0.0654. The monoisotopic (exact) mass is 370 g/mol. The molecule has 144 valence electrons. The molecule has 0 aliphatic heterocycles. The van der Waals surface area contributed by atoms with Crippen LogP contribution in [0.3, 0.4) is 0 Å². The van der Waals surface area contributed by atoms with E-state index in [4.69, 9.17) is 14.2 Å². The van der Waals surface area contributed by atoms with Crippen molar-refractivity contribution < 1.29 is 24.1 Å². The first-order chi connectivity index (χ1) is 13.0. The first-order valence-electron chi connectivity index (χ1n) is 9.09. The molecule has 1 aliphatic carbocycles. The highest BCUT2D eigenvalue weighted by Gasteiger charge is 2.28. The number of ether oxygens (including phenoxy) is 3. The summed E-state index contributed by atoms with van der Waals surface area (Å²) in [6, 6.07) is 7.59. The molecule has 0 bridgehead atoms. The Balaban J connectivity index is 2.00. The summed E-state index contributed by atoms with van der Waals surface area (Å²) in [6.07, 6.45) is 1.94. The number of hydrogen-bond donors (Lipinski definition) is 1. The first-order valence-corrected chi connectivity index (χ1v) is 9.09. The molecule has 0 fully saturated rings. The Morgan fingerprint density at radius 3 is 2.30 bits per heavy atom. The molecule has 27 heavy (non-hydrogen) atoms. The number of methoxy groups -OCH3 is 3. The van der Waals surface area contributed by atoms with Crippen molar-refractivity contribution in [3.05, 3.63) is 52.1 Å². The zero-order valence-electron chi connectivity index (χ0n) is 16.3. The maximum Gasteiger partial charge on any atom is 0.163 e. The molecular weight excluding hydrogens is 344 g/mol. The Bertz CT molecular complexity index is 831. The zero-order valence-corrected chi connectivity index (χ0v) is 16.3. The van der Waals surface area contributed by atoms with Crippen molar-refractivity contribution in [2.45, 2.75) is 38.7 Å². The lowest BCUT2D eigenvalue weighted by Gasteiger charge is -2.18. The predicted octanol–water partition coefficient (Wildman–Crippen LogP) is 3.82. The number of carbonyl (C=O) groups excluding carboxylic acids is 1. The lowest BCUT2D eigenvalue weighted by molar-refractivity contribution is 0.0975. The number of fused-ring (bicyclic) bond motifs is 1. The van der Waals surface area contributed by atoms with E-state index in [0.29, 0.717) is 29.7 Å². The summed E-state index contributed by atoms with van der Waals surface area (Å²) in [5.41, 5.74) is 4.28. The number of hydrogen-bond acceptors (Lipinski definition) is 5. The van der Waals surface area contributed by atoms with Gasteiger partial charge in [-0.1, -0.05) is 12.1 Å². The summed E-state index contributed by atoms with van der Waals surface area (Å²) < 4.78 is 16.5. The number of Topliss-reactive ketones (excluding diaryl/α,β-unsaturated/α-hetero) is 1. The summed E-state index contributed by atoms with van der Waals surface area (Å²) in [5.74, 6) is 2.31. The molecule has 5 nitrogen and oxygen atoms in total. The highest BCUT2D eigenvalue weighted by Crippen LogP contribution is 2.40. The summed E-state index contributed by atoms with van der Waals surface area (Å²) in [7, 11) is 4.86. The van der Waals surface area contributed by atoms with Gasteiger partial charge in [-0.25, -0.2) is 0 Å². The largest absolute Gasteiger partial charge is 0.496 e. The number of benzene rings is 2. The number of carbonyl (C=O) groups is 1. The van der Waals surface area contributed by atoms with Crippen molar-refractivity contribution >= 4 is 5.78 Å². The molecule has 0 saturated carbocycles. The van der Waals surface area contributed by atoms with E-state index in [2.05, 4.69) is 0 Å². The molecule has 1 N–H and O–H groups in total. The fourth-order valence-electron chi connectivity index (χ4n) is 3.95. The molecular formula is C22H26O5. The van der Waals surface area contributed by atoms with E-state index < -0.39 is 0 Å². The molecule has 2 aromatic carbocycles. The van der Waals surface area contributed by atoms with Gasteiger partial charge < -0.3 is 19.3 Å². The molecule has 1 atom stereocenters. The van der Waals surface area contributed by atoms with Gasteiger partial charge in [0.15, 0.2) is 5.78 Å². The van der Waals surface area contributed by atoms with Crippen molar-refractivity contribution in [3.8, 4) is 17.2 Å². The molecule has 0 radical (unpaired) electrons. The van der Waals surface area contributed by atoms with Gasteiger partial charge in [0.2, 0.25) is 0 Å². The Kier molecular flexibility index (Phi) is 5.71. The second-order valence-electron chi connectivity index (χ2n) is 6.86. The van der Waals surface area contributed by atoms with E-state index in [1.54, 1.807) is 27.4 Å². The highest BCUT2D eigenvalue weighted by molar-refractivity contribution is 5.99. The van der Waals surface area contributed by atoms with Crippen molar-refractivity contribution in [2.75, 3.05) is 21.3 Å². The number of ketones is 1. The van der Waals surface area contributed by atoms with Crippen LogP contribution in [0.4, 0.5) is 0 Å². The van der Waals surface area contributed by atoms with Gasteiger partial charge in [0.1, 0.15) is 17.2 Å². The second kappa shape index (κ2) is 8.01. The van der Waals surface area contributed by atoms with Gasteiger partial charge in [-0.2, -0.15) is 0 Å². The Labute approximate surface area is 159 Å². The Morgan fingerprint density at radius 1 is 1.07 bits per heavy atom. The smallest absolute Gasteiger partial charge is 0.163 e. The maximum absolute atomic E-state index is 13.0. The highest BCUT2D eigenvalue weighted by atomic mass is 16.5. The van der Waals surface area contributed by atoms with Crippen molar-refractivity contribution in [1.82, 2.24) is 0 Å². The van der Waals surface area contributed by atoms with Crippen LogP contribution in [-0.4, -0.2) is 32.2 Å². The summed E-state index contributed by atoms with van der Waals surface area (Å²) in [5, 5.41) is 9.57. The zero-order chi connectivity index (χ0) is 19.6. The summed E-state index contributed by atoms with van der Waals surface area (Å²) >= 11 is 0. The van der Waals surface area contributed by atoms with E-state index in [0.717, 1.165) is 34.6 Å². The number of aliphatic hydroxyl groups is 1. The molecule has 0 spiro atoms. The number of rotatable bonds is 5. The third-order valence-electron chi connectivity index (χ3n) is 5.44. The lowest BCUT2D eigenvalue weighted by atomic mass is 9.90. The van der Waals surface area contributed by atoms with Crippen molar-refractivity contribution in [2.24, 2.45) is 0 Å². The van der Waals surface area contributed by atoms with E-state index in [9.17, 15) is 9.90 Å². The molecule has 0 saturated heterocycles. The van der Waals surface area contributed by atoms with Gasteiger partial charge in [0, 0.05) is 28.7 Å². The van der Waals surface area contributed by atoms with Gasteiger partial charge in [-0.3, -0.25) is 4.79 Å².